The molecular formula is C17H17N3O2. The highest BCUT2D eigenvalue weighted by Crippen LogP contribution is 2.21. The number of aryl methyl sites for hydroxylation is 1. The summed E-state index contributed by atoms with van der Waals surface area (Å²) in [5.41, 5.74) is 3.92. The second-order valence-corrected chi connectivity index (χ2v) is 5.39. The maximum absolute atomic E-state index is 11.1. The molecule has 2 heterocycles. The molecule has 1 aromatic carbocycles. The van der Waals surface area contributed by atoms with Gasteiger partial charge in [-0.05, 0) is 24.1 Å². The zero-order valence-corrected chi connectivity index (χ0v) is 12.5. The predicted molar refractivity (Wildman–Crippen MR) is 85.4 cm³/mol. The van der Waals surface area contributed by atoms with Gasteiger partial charge in [-0.1, -0.05) is 30.3 Å². The number of pyridine rings is 1. The fraction of sp³-hybridized carbons (Fsp3) is 0.176. The van der Waals surface area contributed by atoms with Crippen LogP contribution >= 0.6 is 0 Å². The minimum Gasteiger partial charge on any atom is -0.476 e. The van der Waals surface area contributed by atoms with E-state index in [1.54, 1.807) is 10.6 Å². The summed E-state index contributed by atoms with van der Waals surface area (Å²) in [6, 6.07) is 12.2. The van der Waals surface area contributed by atoms with Crippen LogP contribution in [0, 0.1) is 6.92 Å². The lowest BCUT2D eigenvalue weighted by Crippen LogP contribution is -2.17. The molecule has 0 amide bonds. The molecule has 3 aromatic rings. The Morgan fingerprint density at radius 3 is 2.68 bits per heavy atom. The molecule has 22 heavy (non-hydrogen) atoms. The van der Waals surface area contributed by atoms with E-state index in [0.717, 1.165) is 17.8 Å². The van der Waals surface area contributed by atoms with E-state index in [-0.39, 0.29) is 5.69 Å². The van der Waals surface area contributed by atoms with E-state index in [4.69, 9.17) is 5.11 Å². The molecule has 0 saturated carbocycles. The first-order valence-electron chi connectivity index (χ1n) is 7.02. The maximum atomic E-state index is 11.1. The van der Waals surface area contributed by atoms with Crippen LogP contribution in [-0.4, -0.2) is 27.5 Å². The smallest absolute Gasteiger partial charge is 0.356 e. The van der Waals surface area contributed by atoms with Gasteiger partial charge in [0, 0.05) is 26.0 Å². The van der Waals surface area contributed by atoms with Crippen molar-refractivity contribution in [2.24, 2.45) is 0 Å². The number of hydrogen-bond acceptors (Lipinski definition) is 3. The maximum Gasteiger partial charge on any atom is 0.356 e. The quantitative estimate of drug-likeness (QED) is 0.804. The molecule has 0 aliphatic carbocycles. The molecule has 3 rings (SSSR count). The van der Waals surface area contributed by atoms with Crippen LogP contribution in [0.4, 0.5) is 5.69 Å². The molecule has 0 fully saturated rings. The van der Waals surface area contributed by atoms with E-state index in [1.165, 1.54) is 5.56 Å². The minimum atomic E-state index is -1.01. The Hall–Kier alpha value is -2.82. The molecular weight excluding hydrogens is 278 g/mol. The topological polar surface area (TPSA) is 57.8 Å². The zero-order chi connectivity index (χ0) is 15.7. The fourth-order valence-electron chi connectivity index (χ4n) is 2.51. The van der Waals surface area contributed by atoms with Gasteiger partial charge in [0.1, 0.15) is 5.65 Å². The molecule has 0 radical (unpaired) electrons. The van der Waals surface area contributed by atoms with E-state index in [9.17, 15) is 4.79 Å². The Kier molecular flexibility index (Phi) is 3.55. The molecule has 0 aliphatic heterocycles. The SMILES string of the molecule is Cc1cc(N(C)Cc2ccccc2)cn2cc(C(=O)O)nc12. The number of fused-ring (bicyclic) bond motifs is 1. The molecule has 5 nitrogen and oxygen atoms in total. The van der Waals surface area contributed by atoms with Crippen LogP contribution in [0.2, 0.25) is 0 Å². The fourth-order valence-corrected chi connectivity index (χ4v) is 2.51. The van der Waals surface area contributed by atoms with Gasteiger partial charge in [0.15, 0.2) is 5.69 Å². The molecule has 0 saturated heterocycles. The van der Waals surface area contributed by atoms with Crippen molar-refractivity contribution in [3.8, 4) is 0 Å². The second kappa shape index (κ2) is 5.52. The van der Waals surface area contributed by atoms with Crippen LogP contribution < -0.4 is 4.90 Å². The summed E-state index contributed by atoms with van der Waals surface area (Å²) in [4.78, 5) is 17.3. The predicted octanol–water partition coefficient (Wildman–Crippen LogP) is 2.98. The summed E-state index contributed by atoms with van der Waals surface area (Å²) < 4.78 is 1.77. The van der Waals surface area contributed by atoms with Gasteiger partial charge in [0.2, 0.25) is 0 Å². The summed E-state index contributed by atoms with van der Waals surface area (Å²) >= 11 is 0. The number of hydrogen-bond donors (Lipinski definition) is 1. The first-order valence-corrected chi connectivity index (χ1v) is 7.02. The Balaban J connectivity index is 1.95. The third-order valence-corrected chi connectivity index (χ3v) is 3.64. The molecule has 0 unspecified atom stereocenters. The number of benzene rings is 1. The first-order chi connectivity index (χ1) is 10.5. The number of nitrogens with zero attached hydrogens (tertiary/aromatic N) is 3. The normalized spacial score (nSPS) is 10.8. The third-order valence-electron chi connectivity index (χ3n) is 3.64. The van der Waals surface area contributed by atoms with E-state index in [0.29, 0.717) is 5.65 Å². The van der Waals surface area contributed by atoms with Gasteiger partial charge in [-0.2, -0.15) is 0 Å². The van der Waals surface area contributed by atoms with Gasteiger partial charge < -0.3 is 14.4 Å². The molecule has 0 spiro atoms. The minimum absolute atomic E-state index is 0.0611. The standard InChI is InChI=1S/C17H17N3O2/c1-12-8-14(19(2)9-13-6-4-3-5-7-13)10-20-11-15(17(21)22)18-16(12)20/h3-8,10-11H,9H2,1-2H3,(H,21,22). The number of carboxylic acids is 1. The molecule has 1 N–H and O–H groups in total. The van der Waals surface area contributed by atoms with E-state index in [2.05, 4.69) is 22.0 Å². The summed E-state index contributed by atoms with van der Waals surface area (Å²) in [6.07, 6.45) is 3.45. The van der Waals surface area contributed by atoms with Gasteiger partial charge in [-0.3, -0.25) is 0 Å². The van der Waals surface area contributed by atoms with Gasteiger partial charge in [-0.25, -0.2) is 9.78 Å². The Morgan fingerprint density at radius 2 is 2.00 bits per heavy atom. The van der Waals surface area contributed by atoms with Crippen molar-refractivity contribution in [1.29, 1.82) is 0 Å². The largest absolute Gasteiger partial charge is 0.476 e. The van der Waals surface area contributed by atoms with Gasteiger partial charge >= 0.3 is 5.97 Å². The van der Waals surface area contributed by atoms with Crippen LogP contribution in [0.25, 0.3) is 5.65 Å². The van der Waals surface area contributed by atoms with Gasteiger partial charge in [0.05, 0.1) is 5.69 Å². The zero-order valence-electron chi connectivity index (χ0n) is 12.5. The molecule has 5 heteroatoms. The average Bonchev–Trinajstić information content (AvgIpc) is 2.93. The Bertz CT molecular complexity index is 825. The second-order valence-electron chi connectivity index (χ2n) is 5.39. The highest BCUT2D eigenvalue weighted by atomic mass is 16.4. The summed E-state index contributed by atoms with van der Waals surface area (Å²) in [6.45, 7) is 2.72. The summed E-state index contributed by atoms with van der Waals surface area (Å²) in [5, 5.41) is 9.06. The number of carbonyl (C=O) groups is 1. The highest BCUT2D eigenvalue weighted by Gasteiger charge is 2.12. The average molecular weight is 295 g/mol. The lowest BCUT2D eigenvalue weighted by molar-refractivity contribution is 0.0691. The van der Waals surface area contributed by atoms with Crippen molar-refractivity contribution < 1.29 is 9.90 Å². The number of rotatable bonds is 4. The molecule has 112 valence electrons. The van der Waals surface area contributed by atoms with E-state index >= 15 is 0 Å². The van der Waals surface area contributed by atoms with E-state index in [1.807, 2.05) is 44.4 Å². The number of anilines is 1. The monoisotopic (exact) mass is 295 g/mol. The summed E-state index contributed by atoms with van der Waals surface area (Å²) in [7, 11) is 2.02. The lowest BCUT2D eigenvalue weighted by Gasteiger charge is -2.20. The van der Waals surface area contributed by atoms with Crippen molar-refractivity contribution in [2.75, 3.05) is 11.9 Å². The van der Waals surface area contributed by atoms with Crippen molar-refractivity contribution in [1.82, 2.24) is 9.38 Å². The van der Waals surface area contributed by atoms with Crippen LogP contribution in [0.1, 0.15) is 21.6 Å². The molecule has 2 aromatic heterocycles. The van der Waals surface area contributed by atoms with Crippen molar-refractivity contribution >= 4 is 17.3 Å². The molecule has 0 bridgehead atoms. The third kappa shape index (κ3) is 2.65. The number of imidazole rings is 1. The molecule has 0 atom stereocenters. The molecule has 0 aliphatic rings. The summed E-state index contributed by atoms with van der Waals surface area (Å²) in [5.74, 6) is -1.01. The van der Waals surface area contributed by atoms with Crippen LogP contribution in [0.5, 0.6) is 0 Å². The van der Waals surface area contributed by atoms with Crippen molar-refractivity contribution in [3.05, 3.63) is 65.6 Å². The first kappa shape index (κ1) is 14.1. The van der Waals surface area contributed by atoms with Crippen molar-refractivity contribution in [2.45, 2.75) is 13.5 Å². The van der Waals surface area contributed by atoms with Crippen LogP contribution in [0.15, 0.2) is 48.8 Å². The van der Waals surface area contributed by atoms with Crippen molar-refractivity contribution in [3.63, 3.8) is 0 Å². The highest BCUT2D eigenvalue weighted by molar-refractivity contribution is 5.86. The number of carboxylic acid groups (broad SMARTS) is 1. The van der Waals surface area contributed by atoms with Gasteiger partial charge in [-0.15, -0.1) is 0 Å². The lowest BCUT2D eigenvalue weighted by atomic mass is 10.2. The van der Waals surface area contributed by atoms with E-state index < -0.39 is 5.97 Å². The Morgan fingerprint density at radius 1 is 1.27 bits per heavy atom. The Labute approximate surface area is 128 Å². The van der Waals surface area contributed by atoms with Gasteiger partial charge in [0.25, 0.3) is 0 Å². The van der Waals surface area contributed by atoms with Crippen LogP contribution in [-0.2, 0) is 6.54 Å². The number of aromatic nitrogens is 2. The van der Waals surface area contributed by atoms with Crippen LogP contribution in [0.3, 0.4) is 0 Å². The number of aromatic carboxylic acids is 1.